The summed E-state index contributed by atoms with van der Waals surface area (Å²) in [5.74, 6) is -2.35. The van der Waals surface area contributed by atoms with Gasteiger partial charge in [-0.1, -0.05) is 0 Å². The van der Waals surface area contributed by atoms with Crippen LogP contribution in [0.3, 0.4) is 0 Å². The molecule has 7 nitrogen and oxygen atoms in total. The zero-order chi connectivity index (χ0) is 13.5. The molecule has 100 valence electrons. The first-order valence-corrected chi connectivity index (χ1v) is 5.12. The Morgan fingerprint density at radius 3 is 2.41 bits per heavy atom. The van der Waals surface area contributed by atoms with Crippen molar-refractivity contribution in [3.8, 4) is 0 Å². The largest absolute Gasteiger partial charge is 0.480 e. The van der Waals surface area contributed by atoms with Crippen LogP contribution in [0.5, 0.6) is 0 Å². The van der Waals surface area contributed by atoms with Gasteiger partial charge in [-0.25, -0.2) is 0 Å². The number of hydrogen-bond acceptors (Lipinski definition) is 5. The number of amides is 1. The second kappa shape index (κ2) is 7.21. The van der Waals surface area contributed by atoms with Gasteiger partial charge in [0.05, 0.1) is 25.9 Å². The van der Waals surface area contributed by atoms with Gasteiger partial charge in [-0.05, 0) is 6.92 Å². The Bertz CT molecular complexity index is 254. The van der Waals surface area contributed by atoms with Crippen molar-refractivity contribution in [1.29, 1.82) is 0 Å². The van der Waals surface area contributed by atoms with Crippen LogP contribution in [0.1, 0.15) is 13.3 Å². The summed E-state index contributed by atoms with van der Waals surface area (Å²) in [7, 11) is 1.51. The van der Waals surface area contributed by atoms with Crippen molar-refractivity contribution in [3.63, 3.8) is 0 Å². The van der Waals surface area contributed by atoms with Crippen LogP contribution in [-0.2, 0) is 19.1 Å². The Kier molecular flexibility index (Phi) is 6.71. The summed E-state index contributed by atoms with van der Waals surface area (Å²) in [4.78, 5) is 21.9. The Balaban J connectivity index is 4.19. The fourth-order valence-corrected chi connectivity index (χ4v) is 1.19. The van der Waals surface area contributed by atoms with Crippen LogP contribution in [-0.4, -0.2) is 55.1 Å². The van der Waals surface area contributed by atoms with Crippen molar-refractivity contribution in [1.82, 2.24) is 0 Å². The molecule has 0 fully saturated rings. The molecule has 2 atom stereocenters. The second-order valence-corrected chi connectivity index (χ2v) is 3.93. The summed E-state index contributed by atoms with van der Waals surface area (Å²) in [6, 6.07) is 0. The lowest BCUT2D eigenvalue weighted by molar-refractivity contribution is -0.156. The molecule has 0 aliphatic heterocycles. The monoisotopic (exact) mass is 249 g/mol. The third-order valence-corrected chi connectivity index (χ3v) is 2.40. The summed E-state index contributed by atoms with van der Waals surface area (Å²) in [6.07, 6.45) is -1.36. The Hall–Kier alpha value is -1.18. The molecule has 17 heavy (non-hydrogen) atoms. The van der Waals surface area contributed by atoms with Gasteiger partial charge in [0.15, 0.2) is 0 Å². The molecule has 0 radical (unpaired) electrons. The number of aliphatic carboxylic acids is 1. The van der Waals surface area contributed by atoms with Gasteiger partial charge in [0.1, 0.15) is 5.41 Å². The highest BCUT2D eigenvalue weighted by molar-refractivity contribution is 6.00. The molecular weight excluding hydrogens is 230 g/mol. The minimum absolute atomic E-state index is 0.0699. The molecule has 1 amide bonds. The molecule has 0 aromatic carbocycles. The van der Waals surface area contributed by atoms with E-state index in [9.17, 15) is 14.7 Å². The van der Waals surface area contributed by atoms with Gasteiger partial charge in [0.2, 0.25) is 5.91 Å². The summed E-state index contributed by atoms with van der Waals surface area (Å²) in [6.45, 7) is 1.77. The van der Waals surface area contributed by atoms with Crippen LogP contribution in [0, 0.1) is 5.41 Å². The molecule has 0 rings (SSSR count). The Labute approximate surface area is 99.5 Å². The molecule has 0 spiro atoms. The van der Waals surface area contributed by atoms with Crippen LogP contribution < -0.4 is 5.73 Å². The summed E-state index contributed by atoms with van der Waals surface area (Å²) >= 11 is 0. The molecule has 0 saturated carbocycles. The standard InChI is InChI=1S/C10H19NO6/c1-10(8(11)13,9(14)15)5-7(12)6-17-4-3-16-2/h7,12H,3-6H2,1-2H3,(H2,11,13)(H,14,15). The summed E-state index contributed by atoms with van der Waals surface area (Å²) < 4.78 is 9.75. The predicted octanol–water partition coefficient (Wildman–Crippen LogP) is -1.02. The average molecular weight is 249 g/mol. The van der Waals surface area contributed by atoms with Crippen molar-refractivity contribution in [2.24, 2.45) is 11.1 Å². The van der Waals surface area contributed by atoms with Crippen LogP contribution in [0.25, 0.3) is 0 Å². The van der Waals surface area contributed by atoms with E-state index in [1.807, 2.05) is 0 Å². The molecule has 4 N–H and O–H groups in total. The average Bonchev–Trinajstić information content (AvgIpc) is 2.23. The highest BCUT2D eigenvalue weighted by Gasteiger charge is 2.41. The predicted molar refractivity (Wildman–Crippen MR) is 58.3 cm³/mol. The molecule has 0 aromatic rings. The number of nitrogens with two attached hydrogens (primary N) is 1. The van der Waals surface area contributed by atoms with Crippen molar-refractivity contribution >= 4 is 11.9 Å². The minimum Gasteiger partial charge on any atom is -0.480 e. The third kappa shape index (κ3) is 5.12. The maximum Gasteiger partial charge on any atom is 0.319 e. The molecule has 0 aromatic heterocycles. The van der Waals surface area contributed by atoms with Crippen LogP contribution in [0.2, 0.25) is 0 Å². The number of hydrogen-bond donors (Lipinski definition) is 3. The first-order valence-electron chi connectivity index (χ1n) is 5.12. The summed E-state index contributed by atoms with van der Waals surface area (Å²) in [5.41, 5.74) is 3.22. The maximum absolute atomic E-state index is 11.0. The Morgan fingerprint density at radius 2 is 2.00 bits per heavy atom. The SMILES string of the molecule is COCCOCC(O)CC(C)(C(N)=O)C(=O)O. The number of carbonyl (C=O) groups excluding carboxylic acids is 1. The van der Waals surface area contributed by atoms with Gasteiger partial charge in [0, 0.05) is 13.5 Å². The van der Waals surface area contributed by atoms with Crippen LogP contribution in [0.15, 0.2) is 0 Å². The first kappa shape index (κ1) is 15.8. The number of carboxylic acid groups (broad SMARTS) is 1. The van der Waals surface area contributed by atoms with E-state index in [2.05, 4.69) is 0 Å². The number of carbonyl (C=O) groups is 2. The fraction of sp³-hybridized carbons (Fsp3) is 0.800. The first-order chi connectivity index (χ1) is 7.84. The second-order valence-electron chi connectivity index (χ2n) is 3.93. The zero-order valence-electron chi connectivity index (χ0n) is 10.0. The van der Waals surface area contributed by atoms with Gasteiger partial charge in [-0.3, -0.25) is 9.59 Å². The van der Waals surface area contributed by atoms with Crippen LogP contribution in [0.4, 0.5) is 0 Å². The lowest BCUT2D eigenvalue weighted by atomic mass is 9.84. The van der Waals surface area contributed by atoms with E-state index in [0.29, 0.717) is 6.61 Å². The number of primary amides is 1. The van der Waals surface area contributed by atoms with Gasteiger partial charge >= 0.3 is 5.97 Å². The fourth-order valence-electron chi connectivity index (χ4n) is 1.19. The molecule has 0 aliphatic carbocycles. The highest BCUT2D eigenvalue weighted by atomic mass is 16.5. The number of carboxylic acids is 1. The lowest BCUT2D eigenvalue weighted by Gasteiger charge is -2.23. The molecular formula is C10H19NO6. The number of methoxy groups -OCH3 is 1. The van der Waals surface area contributed by atoms with Crippen molar-refractivity contribution < 1.29 is 29.3 Å². The zero-order valence-corrected chi connectivity index (χ0v) is 10.0. The number of aliphatic hydroxyl groups excluding tert-OH is 1. The van der Waals surface area contributed by atoms with Crippen molar-refractivity contribution in [3.05, 3.63) is 0 Å². The van der Waals surface area contributed by atoms with E-state index in [1.165, 1.54) is 14.0 Å². The minimum atomic E-state index is -1.79. The smallest absolute Gasteiger partial charge is 0.319 e. The molecule has 0 heterocycles. The topological polar surface area (TPSA) is 119 Å². The molecule has 0 aliphatic rings. The number of aliphatic hydroxyl groups is 1. The van der Waals surface area contributed by atoms with E-state index in [1.54, 1.807) is 0 Å². The normalized spacial score (nSPS) is 16.2. The van der Waals surface area contributed by atoms with E-state index >= 15 is 0 Å². The van der Waals surface area contributed by atoms with Crippen molar-refractivity contribution in [2.75, 3.05) is 26.9 Å². The van der Waals surface area contributed by atoms with E-state index < -0.39 is 23.4 Å². The van der Waals surface area contributed by atoms with Gasteiger partial charge < -0.3 is 25.4 Å². The van der Waals surface area contributed by atoms with E-state index in [4.69, 9.17) is 20.3 Å². The molecule has 7 heteroatoms. The van der Waals surface area contributed by atoms with Gasteiger partial charge in [0.25, 0.3) is 0 Å². The number of rotatable bonds is 9. The number of ether oxygens (including phenoxy) is 2. The van der Waals surface area contributed by atoms with Crippen LogP contribution >= 0.6 is 0 Å². The van der Waals surface area contributed by atoms with Gasteiger partial charge in [-0.2, -0.15) is 0 Å². The van der Waals surface area contributed by atoms with Crippen molar-refractivity contribution in [2.45, 2.75) is 19.4 Å². The molecule has 0 saturated heterocycles. The highest BCUT2D eigenvalue weighted by Crippen LogP contribution is 2.23. The molecule has 2 unspecified atom stereocenters. The maximum atomic E-state index is 11.0. The third-order valence-electron chi connectivity index (χ3n) is 2.40. The van der Waals surface area contributed by atoms with E-state index in [-0.39, 0.29) is 19.6 Å². The lowest BCUT2D eigenvalue weighted by Crippen LogP contribution is -2.44. The quantitative estimate of drug-likeness (QED) is 0.355. The van der Waals surface area contributed by atoms with Gasteiger partial charge in [-0.15, -0.1) is 0 Å². The molecule has 0 bridgehead atoms. The summed E-state index contributed by atoms with van der Waals surface area (Å²) in [5, 5.41) is 18.4. The van der Waals surface area contributed by atoms with E-state index in [0.717, 1.165) is 0 Å². The Morgan fingerprint density at radius 1 is 1.41 bits per heavy atom.